The molecule has 3 rings (SSSR count). The van der Waals surface area contributed by atoms with Gasteiger partial charge in [0.1, 0.15) is 18.3 Å². The van der Waals surface area contributed by atoms with Crippen molar-refractivity contribution in [2.24, 2.45) is 0 Å². The number of hydrogen-bond donors (Lipinski definition) is 1. The van der Waals surface area contributed by atoms with Crippen molar-refractivity contribution in [3.05, 3.63) is 95.6 Å². The number of methoxy groups -OCH3 is 1. The summed E-state index contributed by atoms with van der Waals surface area (Å²) in [6.45, 7) is 3.34. The van der Waals surface area contributed by atoms with Gasteiger partial charge in [-0.1, -0.05) is 67.9 Å². The van der Waals surface area contributed by atoms with Crippen LogP contribution in [0.1, 0.15) is 48.2 Å². The number of anilines is 1. The SMILES string of the molecule is CCCCNC(=O)[C@@H](Cc1ccccc1)N(Cc1cccc(OC)c1)C(=O)CN(c1cccc(C(C)=O)c1)S(C)(=O)=O. The number of amides is 2. The molecule has 3 aromatic rings. The molecule has 3 aromatic carbocycles. The molecule has 0 aromatic heterocycles. The van der Waals surface area contributed by atoms with Crippen LogP contribution in [0.25, 0.3) is 0 Å². The number of carbonyl (C=O) groups excluding carboxylic acids is 3. The molecule has 0 fully saturated rings. The van der Waals surface area contributed by atoms with E-state index in [1.807, 2.05) is 43.3 Å². The molecule has 9 nitrogen and oxygen atoms in total. The largest absolute Gasteiger partial charge is 0.497 e. The van der Waals surface area contributed by atoms with Gasteiger partial charge in [-0.25, -0.2) is 8.42 Å². The number of ether oxygens (including phenoxy) is 1. The number of ketones is 1. The van der Waals surface area contributed by atoms with Crippen molar-refractivity contribution in [2.75, 3.05) is 30.8 Å². The zero-order valence-corrected chi connectivity index (χ0v) is 25.4. The number of carbonyl (C=O) groups is 3. The van der Waals surface area contributed by atoms with E-state index in [4.69, 9.17) is 4.74 Å². The van der Waals surface area contributed by atoms with Crippen LogP contribution in [0.5, 0.6) is 5.75 Å². The molecule has 0 aliphatic carbocycles. The predicted octanol–water partition coefficient (Wildman–Crippen LogP) is 4.22. The lowest BCUT2D eigenvalue weighted by molar-refractivity contribution is -0.140. The predicted molar refractivity (Wildman–Crippen MR) is 164 cm³/mol. The van der Waals surface area contributed by atoms with Crippen LogP contribution < -0.4 is 14.4 Å². The van der Waals surface area contributed by atoms with E-state index < -0.39 is 28.5 Å². The lowest BCUT2D eigenvalue weighted by Crippen LogP contribution is -2.53. The highest BCUT2D eigenvalue weighted by Gasteiger charge is 2.33. The van der Waals surface area contributed by atoms with Gasteiger partial charge in [0.25, 0.3) is 0 Å². The molecule has 0 aliphatic heterocycles. The van der Waals surface area contributed by atoms with Crippen molar-refractivity contribution in [3.8, 4) is 5.75 Å². The first-order valence-electron chi connectivity index (χ1n) is 13.9. The van der Waals surface area contributed by atoms with Crippen molar-refractivity contribution in [1.29, 1.82) is 0 Å². The standard InChI is InChI=1S/C32H39N3O6S/c1-5-6-18-33-32(38)30(20-25-12-8-7-9-13-25)34(22-26-14-10-17-29(19-26)41-3)31(37)23-35(42(4,39)40)28-16-11-15-27(21-28)24(2)36/h7-17,19,21,30H,5-6,18,20,22-23H2,1-4H3,(H,33,38)/t30-/m1/s1. The quantitative estimate of drug-likeness (QED) is 0.209. The van der Waals surface area contributed by atoms with Crippen molar-refractivity contribution < 1.29 is 27.5 Å². The Kier molecular flexibility index (Phi) is 11.7. The average Bonchev–Trinajstić information content (AvgIpc) is 2.97. The van der Waals surface area contributed by atoms with Crippen LogP contribution in [0.15, 0.2) is 78.9 Å². The van der Waals surface area contributed by atoms with Gasteiger partial charge in [0.15, 0.2) is 5.78 Å². The van der Waals surface area contributed by atoms with Crippen molar-refractivity contribution >= 4 is 33.3 Å². The molecule has 0 saturated heterocycles. The second-order valence-electron chi connectivity index (χ2n) is 10.1. The summed E-state index contributed by atoms with van der Waals surface area (Å²) in [5.74, 6) is -0.537. The number of sulfonamides is 1. The Balaban J connectivity index is 2.07. The first-order valence-corrected chi connectivity index (χ1v) is 15.7. The number of nitrogens with zero attached hydrogens (tertiary/aromatic N) is 2. The van der Waals surface area contributed by atoms with Gasteiger partial charge in [-0.15, -0.1) is 0 Å². The minimum Gasteiger partial charge on any atom is -0.497 e. The van der Waals surface area contributed by atoms with E-state index in [-0.39, 0.29) is 30.3 Å². The fourth-order valence-corrected chi connectivity index (χ4v) is 5.36. The molecule has 0 aliphatic rings. The van der Waals surface area contributed by atoms with Gasteiger partial charge in [0.05, 0.1) is 19.1 Å². The Morgan fingerprint density at radius 2 is 1.62 bits per heavy atom. The van der Waals surface area contributed by atoms with Crippen LogP contribution in [0, 0.1) is 0 Å². The fraction of sp³-hybridized carbons (Fsp3) is 0.344. The van der Waals surface area contributed by atoms with E-state index in [0.717, 1.165) is 29.0 Å². The van der Waals surface area contributed by atoms with Crippen LogP contribution in [0.3, 0.4) is 0 Å². The van der Waals surface area contributed by atoms with Gasteiger partial charge in [0, 0.05) is 25.1 Å². The minimum atomic E-state index is -3.94. The van der Waals surface area contributed by atoms with Gasteiger partial charge < -0.3 is 15.0 Å². The Bertz CT molecular complexity index is 1480. The Hall–Kier alpha value is -4.18. The van der Waals surface area contributed by atoms with E-state index in [0.29, 0.717) is 23.4 Å². The van der Waals surface area contributed by atoms with Crippen molar-refractivity contribution in [3.63, 3.8) is 0 Å². The molecule has 0 radical (unpaired) electrons. The number of nitrogens with one attached hydrogen (secondary N) is 1. The van der Waals surface area contributed by atoms with E-state index >= 15 is 0 Å². The lowest BCUT2D eigenvalue weighted by atomic mass is 10.0. The number of unbranched alkanes of at least 4 members (excludes halogenated alkanes) is 1. The van der Waals surface area contributed by atoms with E-state index in [9.17, 15) is 22.8 Å². The second kappa shape index (κ2) is 15.2. The molecule has 1 atom stereocenters. The van der Waals surface area contributed by atoms with Crippen LogP contribution in [0.4, 0.5) is 5.69 Å². The highest BCUT2D eigenvalue weighted by molar-refractivity contribution is 7.92. The molecule has 0 bridgehead atoms. The maximum Gasteiger partial charge on any atom is 0.244 e. The summed E-state index contributed by atoms with van der Waals surface area (Å²) in [5, 5.41) is 2.96. The Morgan fingerprint density at radius 3 is 2.26 bits per heavy atom. The van der Waals surface area contributed by atoms with E-state index in [2.05, 4.69) is 5.32 Å². The van der Waals surface area contributed by atoms with Crippen molar-refractivity contribution in [1.82, 2.24) is 10.2 Å². The van der Waals surface area contributed by atoms with Crippen LogP contribution in [0.2, 0.25) is 0 Å². The molecular weight excluding hydrogens is 554 g/mol. The van der Waals surface area contributed by atoms with Crippen LogP contribution in [-0.4, -0.2) is 63.4 Å². The summed E-state index contributed by atoms with van der Waals surface area (Å²) in [5.41, 5.74) is 2.07. The minimum absolute atomic E-state index is 0.0415. The summed E-state index contributed by atoms with van der Waals surface area (Å²) in [6, 6.07) is 21.8. The molecule has 2 amide bonds. The monoisotopic (exact) mass is 593 g/mol. The zero-order chi connectivity index (χ0) is 30.7. The van der Waals surface area contributed by atoms with Crippen LogP contribution >= 0.6 is 0 Å². The summed E-state index contributed by atoms with van der Waals surface area (Å²) in [4.78, 5) is 41.2. The zero-order valence-electron chi connectivity index (χ0n) is 24.6. The van der Waals surface area contributed by atoms with Gasteiger partial charge in [0.2, 0.25) is 21.8 Å². The molecule has 0 unspecified atom stereocenters. The van der Waals surface area contributed by atoms with Gasteiger partial charge >= 0.3 is 0 Å². The van der Waals surface area contributed by atoms with Gasteiger partial charge in [-0.2, -0.15) is 0 Å². The molecule has 1 N–H and O–H groups in total. The van der Waals surface area contributed by atoms with E-state index in [1.54, 1.807) is 37.4 Å². The topological polar surface area (TPSA) is 113 Å². The first-order chi connectivity index (χ1) is 20.0. The van der Waals surface area contributed by atoms with Gasteiger partial charge in [-0.05, 0) is 48.7 Å². The summed E-state index contributed by atoms with van der Waals surface area (Å²) in [7, 11) is -2.40. The summed E-state index contributed by atoms with van der Waals surface area (Å²) < 4.78 is 32.2. The third-order valence-corrected chi connectivity index (χ3v) is 7.95. The molecule has 42 heavy (non-hydrogen) atoms. The lowest BCUT2D eigenvalue weighted by Gasteiger charge is -2.33. The summed E-state index contributed by atoms with van der Waals surface area (Å²) >= 11 is 0. The van der Waals surface area contributed by atoms with Crippen LogP contribution in [-0.2, 0) is 32.6 Å². The third kappa shape index (κ3) is 9.17. The second-order valence-corrected chi connectivity index (χ2v) is 12.0. The molecule has 0 spiro atoms. The number of rotatable bonds is 15. The maximum absolute atomic E-state index is 14.2. The normalized spacial score (nSPS) is 11.8. The molecule has 0 heterocycles. The molecular formula is C32H39N3O6S. The molecule has 10 heteroatoms. The third-order valence-electron chi connectivity index (χ3n) is 6.81. The average molecular weight is 594 g/mol. The van der Waals surface area contributed by atoms with Crippen molar-refractivity contribution in [2.45, 2.75) is 45.7 Å². The van der Waals surface area contributed by atoms with Gasteiger partial charge in [-0.3, -0.25) is 18.7 Å². The Labute approximate surface area is 248 Å². The number of hydrogen-bond acceptors (Lipinski definition) is 6. The number of benzene rings is 3. The van der Waals surface area contributed by atoms with E-state index in [1.165, 1.54) is 24.0 Å². The fourth-order valence-electron chi connectivity index (χ4n) is 4.52. The number of Topliss-reactive ketones (excluding diaryl/α,β-unsaturated/α-hetero) is 1. The first kappa shape index (κ1) is 32.3. The molecule has 224 valence electrons. The highest BCUT2D eigenvalue weighted by Crippen LogP contribution is 2.23. The molecule has 0 saturated carbocycles. The summed E-state index contributed by atoms with van der Waals surface area (Å²) in [6.07, 6.45) is 2.90. The Morgan fingerprint density at radius 1 is 0.929 bits per heavy atom. The highest BCUT2D eigenvalue weighted by atomic mass is 32.2. The smallest absolute Gasteiger partial charge is 0.244 e. The maximum atomic E-state index is 14.2.